The van der Waals surface area contributed by atoms with Crippen LogP contribution in [-0.4, -0.2) is 23.5 Å². The maximum Gasteiger partial charge on any atom is 0.258 e. The van der Waals surface area contributed by atoms with E-state index in [0.717, 1.165) is 17.8 Å². The van der Waals surface area contributed by atoms with Crippen LogP contribution in [0, 0.1) is 0 Å². The van der Waals surface area contributed by atoms with Crippen molar-refractivity contribution in [1.29, 1.82) is 0 Å². The van der Waals surface area contributed by atoms with E-state index in [0.29, 0.717) is 23.3 Å². The Labute approximate surface area is 128 Å². The first-order chi connectivity index (χ1) is 10.1. The van der Waals surface area contributed by atoms with Gasteiger partial charge in [-0.2, -0.15) is 0 Å². The molecule has 0 bridgehead atoms. The lowest BCUT2D eigenvalue weighted by Crippen LogP contribution is -2.32. The first-order valence-corrected chi connectivity index (χ1v) is 7.32. The summed E-state index contributed by atoms with van der Waals surface area (Å²) in [6.45, 7) is 2.79. The highest BCUT2D eigenvalue weighted by Crippen LogP contribution is 2.31. The Morgan fingerprint density at radius 3 is 3.00 bits per heavy atom. The average molecular weight is 302 g/mol. The van der Waals surface area contributed by atoms with Crippen LogP contribution >= 0.6 is 11.6 Å². The quantitative estimate of drug-likeness (QED) is 0.819. The van der Waals surface area contributed by atoms with Gasteiger partial charge < -0.3 is 10.2 Å². The molecular formula is C16H16ClN3O. The third-order valence-corrected chi connectivity index (χ3v) is 3.81. The fraction of sp³-hybridized carbons (Fsp3) is 0.250. The summed E-state index contributed by atoms with van der Waals surface area (Å²) in [4.78, 5) is 18.5. The van der Waals surface area contributed by atoms with Gasteiger partial charge >= 0.3 is 0 Å². The topological polar surface area (TPSA) is 45.2 Å². The third kappa shape index (κ3) is 2.85. The highest BCUT2D eigenvalue weighted by atomic mass is 35.5. The molecule has 1 aromatic heterocycles. The molecule has 21 heavy (non-hydrogen) atoms. The van der Waals surface area contributed by atoms with Crippen LogP contribution in [0.3, 0.4) is 0 Å². The molecule has 4 nitrogen and oxygen atoms in total. The molecule has 0 spiro atoms. The lowest BCUT2D eigenvalue weighted by molar-refractivity contribution is 0.0987. The monoisotopic (exact) mass is 301 g/mol. The molecule has 5 heteroatoms. The fourth-order valence-corrected chi connectivity index (χ4v) is 2.69. The largest absolute Gasteiger partial charge is 0.381 e. The Kier molecular flexibility index (Phi) is 3.80. The van der Waals surface area contributed by atoms with Gasteiger partial charge in [0.2, 0.25) is 0 Å². The van der Waals surface area contributed by atoms with Crippen molar-refractivity contribution in [3.63, 3.8) is 0 Å². The van der Waals surface area contributed by atoms with Crippen molar-refractivity contribution in [2.24, 2.45) is 0 Å². The summed E-state index contributed by atoms with van der Waals surface area (Å²) in [7, 11) is 0. The third-order valence-electron chi connectivity index (χ3n) is 3.60. The SMILES string of the molecule is C[C@H]1CCN(C(=O)c2ccnc(Cl)c2)c2ccccc2N1. The Balaban J connectivity index is 2.00. The molecule has 2 heterocycles. The molecule has 0 unspecified atom stereocenters. The van der Waals surface area contributed by atoms with Gasteiger partial charge in [-0.1, -0.05) is 23.7 Å². The lowest BCUT2D eigenvalue weighted by atomic mass is 10.2. The Morgan fingerprint density at radius 2 is 2.19 bits per heavy atom. The average Bonchev–Trinajstić information content (AvgIpc) is 2.65. The molecule has 1 aromatic carbocycles. The number of aromatic nitrogens is 1. The summed E-state index contributed by atoms with van der Waals surface area (Å²) in [6, 6.07) is 11.5. The van der Waals surface area contributed by atoms with E-state index in [9.17, 15) is 4.79 Å². The molecule has 1 atom stereocenters. The van der Waals surface area contributed by atoms with Gasteiger partial charge in [0.25, 0.3) is 5.91 Å². The number of hydrogen-bond donors (Lipinski definition) is 1. The van der Waals surface area contributed by atoms with E-state index >= 15 is 0 Å². The molecule has 0 saturated heterocycles. The van der Waals surface area contributed by atoms with Gasteiger partial charge in [0.05, 0.1) is 11.4 Å². The molecule has 0 aliphatic carbocycles. The summed E-state index contributed by atoms with van der Waals surface area (Å²) in [5.41, 5.74) is 2.44. The zero-order valence-electron chi connectivity index (χ0n) is 11.7. The van der Waals surface area contributed by atoms with E-state index in [4.69, 9.17) is 11.6 Å². The molecule has 1 N–H and O–H groups in total. The van der Waals surface area contributed by atoms with E-state index < -0.39 is 0 Å². The van der Waals surface area contributed by atoms with Crippen LogP contribution < -0.4 is 10.2 Å². The second-order valence-corrected chi connectivity index (χ2v) is 5.56. The number of anilines is 2. The Morgan fingerprint density at radius 1 is 1.38 bits per heavy atom. The van der Waals surface area contributed by atoms with Gasteiger partial charge in [-0.25, -0.2) is 4.98 Å². The molecule has 0 fully saturated rings. The smallest absolute Gasteiger partial charge is 0.258 e. The van der Waals surface area contributed by atoms with E-state index in [1.807, 2.05) is 24.3 Å². The van der Waals surface area contributed by atoms with Gasteiger partial charge in [-0.05, 0) is 37.6 Å². The number of hydrogen-bond acceptors (Lipinski definition) is 3. The van der Waals surface area contributed by atoms with Gasteiger partial charge in [0.15, 0.2) is 0 Å². The molecule has 1 aliphatic rings. The highest BCUT2D eigenvalue weighted by molar-refractivity contribution is 6.29. The van der Waals surface area contributed by atoms with Gasteiger partial charge in [-0.3, -0.25) is 4.79 Å². The zero-order valence-corrected chi connectivity index (χ0v) is 12.5. The fourth-order valence-electron chi connectivity index (χ4n) is 2.51. The minimum Gasteiger partial charge on any atom is -0.381 e. The Hall–Kier alpha value is -2.07. The van der Waals surface area contributed by atoms with Crippen molar-refractivity contribution in [2.45, 2.75) is 19.4 Å². The number of carbonyl (C=O) groups excluding carboxylic acids is 1. The number of nitrogens with one attached hydrogen (secondary N) is 1. The first-order valence-electron chi connectivity index (χ1n) is 6.94. The van der Waals surface area contributed by atoms with Gasteiger partial charge in [0, 0.05) is 24.3 Å². The van der Waals surface area contributed by atoms with E-state index in [1.165, 1.54) is 0 Å². The second-order valence-electron chi connectivity index (χ2n) is 5.18. The van der Waals surface area contributed by atoms with Crippen LogP contribution in [-0.2, 0) is 0 Å². The van der Waals surface area contributed by atoms with Gasteiger partial charge in [-0.15, -0.1) is 0 Å². The van der Waals surface area contributed by atoms with Crippen molar-refractivity contribution in [1.82, 2.24) is 4.98 Å². The van der Waals surface area contributed by atoms with Crippen molar-refractivity contribution in [3.8, 4) is 0 Å². The number of halogens is 1. The van der Waals surface area contributed by atoms with Crippen LogP contribution in [0.1, 0.15) is 23.7 Å². The zero-order chi connectivity index (χ0) is 14.8. The Bertz CT molecular complexity index is 674. The van der Waals surface area contributed by atoms with Crippen LogP contribution in [0.4, 0.5) is 11.4 Å². The molecular weight excluding hydrogens is 286 g/mol. The van der Waals surface area contributed by atoms with Crippen LogP contribution in [0.25, 0.3) is 0 Å². The molecule has 1 aliphatic heterocycles. The predicted octanol–water partition coefficient (Wildman–Crippen LogP) is 3.59. The molecule has 108 valence electrons. The maximum absolute atomic E-state index is 12.8. The molecule has 3 rings (SSSR count). The van der Waals surface area contributed by atoms with Gasteiger partial charge in [0.1, 0.15) is 5.15 Å². The minimum atomic E-state index is -0.0531. The molecule has 1 amide bonds. The van der Waals surface area contributed by atoms with Crippen molar-refractivity contribution >= 4 is 28.9 Å². The number of benzene rings is 1. The number of para-hydroxylation sites is 2. The lowest BCUT2D eigenvalue weighted by Gasteiger charge is -2.22. The van der Waals surface area contributed by atoms with E-state index in [-0.39, 0.29) is 5.91 Å². The predicted molar refractivity (Wildman–Crippen MR) is 85.1 cm³/mol. The van der Waals surface area contributed by atoms with E-state index in [2.05, 4.69) is 17.2 Å². The number of fused-ring (bicyclic) bond motifs is 1. The van der Waals surface area contributed by atoms with E-state index in [1.54, 1.807) is 23.2 Å². The number of amides is 1. The summed E-state index contributed by atoms with van der Waals surface area (Å²) in [6.07, 6.45) is 2.44. The second kappa shape index (κ2) is 5.74. The maximum atomic E-state index is 12.8. The molecule has 2 aromatic rings. The van der Waals surface area contributed by atoms with Crippen LogP contribution in [0.15, 0.2) is 42.6 Å². The summed E-state index contributed by atoms with van der Waals surface area (Å²) in [5.74, 6) is -0.0531. The first kappa shape index (κ1) is 13.9. The molecule has 0 saturated carbocycles. The summed E-state index contributed by atoms with van der Waals surface area (Å²) < 4.78 is 0. The number of pyridine rings is 1. The number of rotatable bonds is 1. The van der Waals surface area contributed by atoms with Crippen molar-refractivity contribution < 1.29 is 4.79 Å². The van der Waals surface area contributed by atoms with Crippen molar-refractivity contribution in [2.75, 3.05) is 16.8 Å². The number of carbonyl (C=O) groups is 1. The minimum absolute atomic E-state index is 0.0531. The summed E-state index contributed by atoms with van der Waals surface area (Å²) >= 11 is 5.89. The normalized spacial score (nSPS) is 17.6. The van der Waals surface area contributed by atoms with Crippen LogP contribution in [0.2, 0.25) is 5.15 Å². The summed E-state index contributed by atoms with van der Waals surface area (Å²) in [5, 5.41) is 3.77. The molecule has 0 radical (unpaired) electrons. The van der Waals surface area contributed by atoms with Crippen molar-refractivity contribution in [3.05, 3.63) is 53.3 Å². The number of nitrogens with zero attached hydrogens (tertiary/aromatic N) is 2. The standard InChI is InChI=1S/C16H16ClN3O/c1-11-7-9-20(14-5-3-2-4-13(14)19-11)16(21)12-6-8-18-15(17)10-12/h2-6,8,10-11,19H,7,9H2,1H3/t11-/m0/s1. The van der Waals surface area contributed by atoms with Crippen LogP contribution in [0.5, 0.6) is 0 Å². The highest BCUT2D eigenvalue weighted by Gasteiger charge is 2.24.